The van der Waals surface area contributed by atoms with Crippen LogP contribution in [0.2, 0.25) is 0 Å². The molecule has 6 heteroatoms. The van der Waals surface area contributed by atoms with Crippen molar-refractivity contribution >= 4 is 33.4 Å². The van der Waals surface area contributed by atoms with Gasteiger partial charge < -0.3 is 14.7 Å². The summed E-state index contributed by atoms with van der Waals surface area (Å²) in [5.41, 5.74) is 1.40. The monoisotopic (exact) mass is 429 g/mol. The minimum atomic E-state index is -0.665. The number of aliphatic hydroxyl groups is 1. The van der Waals surface area contributed by atoms with Gasteiger partial charge in [-0.2, -0.15) is 0 Å². The second-order valence-corrected chi connectivity index (χ2v) is 7.17. The highest BCUT2D eigenvalue weighted by molar-refractivity contribution is 9.10. The SMILES string of the molecule is COCCCN1C(=O)C(=O)/C(=C(/O)c2ccccc2)[C@@H]1c1ccc(Br)cc1. The summed E-state index contributed by atoms with van der Waals surface area (Å²) >= 11 is 3.40. The number of nitrogens with zero attached hydrogens (tertiary/aromatic N) is 1. The summed E-state index contributed by atoms with van der Waals surface area (Å²) in [5.74, 6) is -1.42. The molecule has 27 heavy (non-hydrogen) atoms. The molecule has 1 aliphatic heterocycles. The first-order valence-corrected chi connectivity index (χ1v) is 9.42. The fourth-order valence-electron chi connectivity index (χ4n) is 3.23. The molecule has 1 amide bonds. The number of halogens is 1. The first-order chi connectivity index (χ1) is 13.0. The number of carbonyl (C=O) groups is 2. The van der Waals surface area contributed by atoms with Crippen LogP contribution in [0, 0.1) is 0 Å². The molecule has 1 fully saturated rings. The molecule has 1 atom stereocenters. The van der Waals surface area contributed by atoms with Crippen LogP contribution in [0.3, 0.4) is 0 Å². The number of rotatable bonds is 6. The van der Waals surface area contributed by atoms with Crippen molar-refractivity contribution < 1.29 is 19.4 Å². The molecule has 1 N–H and O–H groups in total. The maximum atomic E-state index is 12.8. The number of amides is 1. The van der Waals surface area contributed by atoms with E-state index in [9.17, 15) is 14.7 Å². The van der Waals surface area contributed by atoms with Crippen molar-refractivity contribution in [3.8, 4) is 0 Å². The summed E-state index contributed by atoms with van der Waals surface area (Å²) < 4.78 is 5.97. The van der Waals surface area contributed by atoms with Gasteiger partial charge in [0.05, 0.1) is 11.6 Å². The van der Waals surface area contributed by atoms with Crippen molar-refractivity contribution in [2.45, 2.75) is 12.5 Å². The van der Waals surface area contributed by atoms with Crippen LogP contribution in [0.4, 0.5) is 0 Å². The lowest BCUT2D eigenvalue weighted by molar-refractivity contribution is -0.140. The molecule has 0 aromatic heterocycles. The summed E-state index contributed by atoms with van der Waals surface area (Å²) in [4.78, 5) is 27.0. The average Bonchev–Trinajstić information content (AvgIpc) is 2.94. The van der Waals surface area contributed by atoms with Crippen molar-refractivity contribution in [1.29, 1.82) is 0 Å². The minimum absolute atomic E-state index is 0.117. The zero-order valence-corrected chi connectivity index (χ0v) is 16.5. The van der Waals surface area contributed by atoms with E-state index >= 15 is 0 Å². The number of carbonyl (C=O) groups excluding carboxylic acids is 2. The van der Waals surface area contributed by atoms with Crippen LogP contribution in [0.15, 0.2) is 64.6 Å². The van der Waals surface area contributed by atoms with Gasteiger partial charge in [0.2, 0.25) is 0 Å². The number of ether oxygens (including phenoxy) is 1. The Morgan fingerprint density at radius 2 is 1.78 bits per heavy atom. The molecule has 0 spiro atoms. The molecule has 2 aromatic carbocycles. The second kappa shape index (κ2) is 8.50. The van der Waals surface area contributed by atoms with Gasteiger partial charge in [-0.1, -0.05) is 58.4 Å². The Morgan fingerprint density at radius 1 is 1.11 bits per heavy atom. The number of aliphatic hydroxyl groups excluding tert-OH is 1. The van der Waals surface area contributed by atoms with Gasteiger partial charge in [-0.25, -0.2) is 0 Å². The van der Waals surface area contributed by atoms with Crippen LogP contribution < -0.4 is 0 Å². The first-order valence-electron chi connectivity index (χ1n) is 8.63. The van der Waals surface area contributed by atoms with E-state index in [0.29, 0.717) is 25.1 Å². The van der Waals surface area contributed by atoms with Gasteiger partial charge in [-0.15, -0.1) is 0 Å². The van der Waals surface area contributed by atoms with Gasteiger partial charge in [-0.05, 0) is 24.1 Å². The second-order valence-electron chi connectivity index (χ2n) is 6.26. The van der Waals surface area contributed by atoms with Crippen LogP contribution in [-0.2, 0) is 14.3 Å². The van der Waals surface area contributed by atoms with Crippen LogP contribution in [-0.4, -0.2) is 42.0 Å². The molecule has 1 aliphatic rings. The average molecular weight is 430 g/mol. The molecule has 3 rings (SSSR count). The third-order valence-electron chi connectivity index (χ3n) is 4.52. The summed E-state index contributed by atoms with van der Waals surface area (Å²) in [7, 11) is 1.59. The van der Waals surface area contributed by atoms with Crippen LogP contribution >= 0.6 is 15.9 Å². The molecule has 1 heterocycles. The van der Waals surface area contributed by atoms with E-state index in [4.69, 9.17) is 4.74 Å². The summed E-state index contributed by atoms with van der Waals surface area (Å²) in [5, 5.41) is 10.8. The fraction of sp³-hybridized carbons (Fsp3) is 0.238. The molecule has 0 aliphatic carbocycles. The first kappa shape index (κ1) is 19.3. The molecular formula is C21H20BrNO4. The Morgan fingerprint density at radius 3 is 2.41 bits per heavy atom. The summed E-state index contributed by atoms with van der Waals surface area (Å²) in [6.07, 6.45) is 0.599. The summed E-state index contributed by atoms with van der Waals surface area (Å²) in [6.45, 7) is 0.847. The normalized spacial score (nSPS) is 18.9. The van der Waals surface area contributed by atoms with Crippen molar-refractivity contribution in [3.63, 3.8) is 0 Å². The van der Waals surface area contributed by atoms with E-state index in [1.165, 1.54) is 4.90 Å². The van der Waals surface area contributed by atoms with E-state index in [1.807, 2.05) is 30.3 Å². The molecule has 0 unspecified atom stereocenters. The third-order valence-corrected chi connectivity index (χ3v) is 5.05. The highest BCUT2D eigenvalue weighted by Gasteiger charge is 2.45. The maximum absolute atomic E-state index is 12.8. The van der Waals surface area contributed by atoms with E-state index in [-0.39, 0.29) is 11.3 Å². The number of hydrogen-bond acceptors (Lipinski definition) is 4. The highest BCUT2D eigenvalue weighted by Crippen LogP contribution is 2.39. The molecule has 0 bridgehead atoms. The smallest absolute Gasteiger partial charge is 0.295 e. The van der Waals surface area contributed by atoms with Crippen molar-refractivity contribution in [2.24, 2.45) is 0 Å². The number of methoxy groups -OCH3 is 1. The number of Topliss-reactive ketones (excluding diaryl/α,β-unsaturated/α-hetero) is 1. The van der Waals surface area contributed by atoms with Gasteiger partial charge >= 0.3 is 0 Å². The Hall–Kier alpha value is -2.44. The van der Waals surface area contributed by atoms with Gasteiger partial charge in [-0.3, -0.25) is 9.59 Å². The maximum Gasteiger partial charge on any atom is 0.295 e. The van der Waals surface area contributed by atoms with E-state index in [2.05, 4.69) is 15.9 Å². The van der Waals surface area contributed by atoms with Crippen LogP contribution in [0.1, 0.15) is 23.6 Å². The number of hydrogen-bond donors (Lipinski definition) is 1. The van der Waals surface area contributed by atoms with Gasteiger partial charge in [0, 0.05) is 30.3 Å². The molecular weight excluding hydrogens is 410 g/mol. The van der Waals surface area contributed by atoms with Gasteiger partial charge in [0.25, 0.3) is 11.7 Å². The molecule has 0 radical (unpaired) electrons. The standard InChI is InChI=1S/C21H20BrNO4/c1-27-13-5-12-23-18(14-8-10-16(22)11-9-14)17(20(25)21(23)26)19(24)15-6-3-2-4-7-15/h2-4,6-11,18,24H,5,12-13H2,1H3/b19-17+/t18-/m0/s1. The fourth-order valence-corrected chi connectivity index (χ4v) is 3.50. The predicted octanol–water partition coefficient (Wildman–Crippen LogP) is 3.91. The molecule has 140 valence electrons. The lowest BCUT2D eigenvalue weighted by Crippen LogP contribution is -2.31. The van der Waals surface area contributed by atoms with E-state index in [0.717, 1.165) is 10.0 Å². The molecule has 0 saturated carbocycles. The van der Waals surface area contributed by atoms with E-state index in [1.54, 1.807) is 31.4 Å². The third kappa shape index (κ3) is 3.96. The highest BCUT2D eigenvalue weighted by atomic mass is 79.9. The number of benzene rings is 2. The molecule has 2 aromatic rings. The quantitative estimate of drug-likeness (QED) is 0.327. The Bertz CT molecular complexity index is 862. The summed E-state index contributed by atoms with van der Waals surface area (Å²) in [6, 6.07) is 15.6. The minimum Gasteiger partial charge on any atom is -0.507 e. The topological polar surface area (TPSA) is 66.8 Å². The lowest BCUT2D eigenvalue weighted by atomic mass is 9.95. The molecule has 1 saturated heterocycles. The van der Waals surface area contributed by atoms with Crippen LogP contribution in [0.25, 0.3) is 5.76 Å². The Kier molecular flexibility index (Phi) is 6.08. The van der Waals surface area contributed by atoms with Gasteiger partial charge in [0.1, 0.15) is 5.76 Å². The van der Waals surface area contributed by atoms with Crippen molar-refractivity contribution in [2.75, 3.05) is 20.3 Å². The zero-order valence-electron chi connectivity index (χ0n) is 14.9. The predicted molar refractivity (Wildman–Crippen MR) is 106 cm³/mol. The van der Waals surface area contributed by atoms with Crippen molar-refractivity contribution in [3.05, 3.63) is 75.8 Å². The van der Waals surface area contributed by atoms with Gasteiger partial charge in [0.15, 0.2) is 0 Å². The lowest BCUT2D eigenvalue weighted by Gasteiger charge is -2.25. The Labute approximate surface area is 166 Å². The number of likely N-dealkylation sites (tertiary alicyclic amines) is 1. The molecule has 5 nitrogen and oxygen atoms in total. The van der Waals surface area contributed by atoms with Crippen molar-refractivity contribution in [1.82, 2.24) is 4.90 Å². The van der Waals surface area contributed by atoms with E-state index < -0.39 is 17.7 Å². The number of ketones is 1. The Balaban J connectivity index is 2.10. The zero-order chi connectivity index (χ0) is 19.4. The van der Waals surface area contributed by atoms with Crippen LogP contribution in [0.5, 0.6) is 0 Å². The largest absolute Gasteiger partial charge is 0.507 e.